The van der Waals surface area contributed by atoms with Crippen molar-refractivity contribution < 1.29 is 4.74 Å². The van der Waals surface area contributed by atoms with Gasteiger partial charge in [-0.05, 0) is 43.5 Å². The van der Waals surface area contributed by atoms with Gasteiger partial charge in [0, 0.05) is 24.8 Å². The van der Waals surface area contributed by atoms with E-state index in [9.17, 15) is 0 Å². The van der Waals surface area contributed by atoms with E-state index in [-0.39, 0.29) is 6.10 Å². The van der Waals surface area contributed by atoms with Crippen molar-refractivity contribution in [2.45, 2.75) is 32.9 Å². The molecular formula is C18H22N2O. The van der Waals surface area contributed by atoms with Gasteiger partial charge in [-0.2, -0.15) is 0 Å². The molecule has 110 valence electrons. The van der Waals surface area contributed by atoms with Crippen molar-refractivity contribution >= 4 is 11.4 Å². The van der Waals surface area contributed by atoms with Gasteiger partial charge in [-0.15, -0.1) is 0 Å². The van der Waals surface area contributed by atoms with Crippen molar-refractivity contribution in [1.82, 2.24) is 0 Å². The van der Waals surface area contributed by atoms with E-state index in [0.29, 0.717) is 5.69 Å². The number of nitrogens with two attached hydrogens (primary N) is 1. The lowest BCUT2D eigenvalue weighted by atomic mass is 9.99. The van der Waals surface area contributed by atoms with E-state index in [0.717, 1.165) is 25.3 Å². The van der Waals surface area contributed by atoms with Gasteiger partial charge in [0.15, 0.2) is 0 Å². The van der Waals surface area contributed by atoms with Gasteiger partial charge in [0.25, 0.3) is 0 Å². The Morgan fingerprint density at radius 2 is 1.86 bits per heavy atom. The molecule has 1 heterocycles. The third-order valence-electron chi connectivity index (χ3n) is 3.86. The molecule has 21 heavy (non-hydrogen) atoms. The van der Waals surface area contributed by atoms with Gasteiger partial charge in [-0.25, -0.2) is 0 Å². The van der Waals surface area contributed by atoms with Crippen LogP contribution in [0.3, 0.4) is 0 Å². The number of ether oxygens (including phenoxy) is 1. The molecule has 0 bridgehead atoms. The molecular weight excluding hydrogens is 260 g/mol. The SMILES string of the molecule is CC(C)Oc1cc(N2CCc3ccccc3C2)ccc1N. The first-order valence-electron chi connectivity index (χ1n) is 7.51. The molecule has 0 unspecified atom stereocenters. The van der Waals surface area contributed by atoms with Crippen LogP contribution in [-0.4, -0.2) is 12.6 Å². The fourth-order valence-corrected chi connectivity index (χ4v) is 2.79. The standard InChI is InChI=1S/C18H22N2O/c1-13(2)21-18-11-16(7-8-17(18)19)20-10-9-14-5-3-4-6-15(14)12-20/h3-8,11,13H,9-10,12,19H2,1-2H3. The fraction of sp³-hybridized carbons (Fsp3) is 0.333. The zero-order valence-corrected chi connectivity index (χ0v) is 12.7. The van der Waals surface area contributed by atoms with Gasteiger partial charge >= 0.3 is 0 Å². The molecule has 2 N–H and O–H groups in total. The highest BCUT2D eigenvalue weighted by atomic mass is 16.5. The lowest BCUT2D eigenvalue weighted by Crippen LogP contribution is -2.30. The average molecular weight is 282 g/mol. The second kappa shape index (κ2) is 5.68. The van der Waals surface area contributed by atoms with Crippen LogP contribution in [0.2, 0.25) is 0 Å². The molecule has 0 amide bonds. The maximum atomic E-state index is 6.00. The van der Waals surface area contributed by atoms with Crippen LogP contribution in [0.5, 0.6) is 5.75 Å². The average Bonchev–Trinajstić information content (AvgIpc) is 2.48. The lowest BCUT2D eigenvalue weighted by Gasteiger charge is -2.31. The summed E-state index contributed by atoms with van der Waals surface area (Å²) in [5, 5.41) is 0. The predicted molar refractivity (Wildman–Crippen MR) is 87.8 cm³/mol. The van der Waals surface area contributed by atoms with E-state index in [4.69, 9.17) is 10.5 Å². The van der Waals surface area contributed by atoms with Crippen molar-refractivity contribution in [2.75, 3.05) is 17.2 Å². The van der Waals surface area contributed by atoms with E-state index < -0.39 is 0 Å². The van der Waals surface area contributed by atoms with Gasteiger partial charge in [0.1, 0.15) is 5.75 Å². The van der Waals surface area contributed by atoms with E-state index in [2.05, 4.69) is 41.3 Å². The topological polar surface area (TPSA) is 38.5 Å². The Morgan fingerprint density at radius 1 is 1.10 bits per heavy atom. The molecule has 0 saturated heterocycles. The van der Waals surface area contributed by atoms with Crippen LogP contribution >= 0.6 is 0 Å². The number of nitrogens with zero attached hydrogens (tertiary/aromatic N) is 1. The van der Waals surface area contributed by atoms with E-state index in [1.165, 1.54) is 16.8 Å². The van der Waals surface area contributed by atoms with Crippen LogP contribution in [0.25, 0.3) is 0 Å². The Balaban J connectivity index is 1.85. The van der Waals surface area contributed by atoms with E-state index in [1.54, 1.807) is 0 Å². The molecule has 2 aromatic carbocycles. The first-order chi connectivity index (χ1) is 10.1. The Morgan fingerprint density at radius 3 is 2.62 bits per heavy atom. The van der Waals surface area contributed by atoms with E-state index >= 15 is 0 Å². The predicted octanol–water partition coefficient (Wildman–Crippen LogP) is 3.62. The minimum absolute atomic E-state index is 0.129. The first kappa shape index (κ1) is 13.8. The number of fused-ring (bicyclic) bond motifs is 1. The van der Waals surface area contributed by atoms with Gasteiger partial charge in [0.05, 0.1) is 11.8 Å². The molecule has 0 spiro atoms. The van der Waals surface area contributed by atoms with Crippen molar-refractivity contribution in [3.8, 4) is 5.75 Å². The summed E-state index contributed by atoms with van der Waals surface area (Å²) < 4.78 is 5.79. The van der Waals surface area contributed by atoms with Crippen molar-refractivity contribution in [3.05, 3.63) is 53.6 Å². The quantitative estimate of drug-likeness (QED) is 0.874. The fourth-order valence-electron chi connectivity index (χ4n) is 2.79. The Bertz CT molecular complexity index is 637. The van der Waals surface area contributed by atoms with Gasteiger partial charge in [-0.1, -0.05) is 24.3 Å². The minimum atomic E-state index is 0.129. The van der Waals surface area contributed by atoms with Gasteiger partial charge in [0.2, 0.25) is 0 Å². The molecule has 3 nitrogen and oxygen atoms in total. The molecule has 0 aromatic heterocycles. The number of rotatable bonds is 3. The smallest absolute Gasteiger partial charge is 0.144 e. The summed E-state index contributed by atoms with van der Waals surface area (Å²) in [6.07, 6.45) is 1.21. The van der Waals surface area contributed by atoms with Crippen LogP contribution in [0, 0.1) is 0 Å². The zero-order valence-electron chi connectivity index (χ0n) is 12.7. The van der Waals surface area contributed by atoms with Crippen molar-refractivity contribution in [3.63, 3.8) is 0 Å². The van der Waals surface area contributed by atoms with Gasteiger partial charge in [-0.3, -0.25) is 0 Å². The summed E-state index contributed by atoms with van der Waals surface area (Å²) in [6.45, 7) is 6.01. The third kappa shape index (κ3) is 2.97. The number of benzene rings is 2. The normalized spacial score (nSPS) is 14.1. The van der Waals surface area contributed by atoms with E-state index in [1.807, 2.05) is 19.9 Å². The Kier molecular flexibility index (Phi) is 3.74. The highest BCUT2D eigenvalue weighted by molar-refractivity contribution is 5.63. The first-order valence-corrected chi connectivity index (χ1v) is 7.51. The molecule has 2 aromatic rings. The highest BCUT2D eigenvalue weighted by Crippen LogP contribution is 2.31. The summed E-state index contributed by atoms with van der Waals surface area (Å²) in [6, 6.07) is 14.7. The maximum Gasteiger partial charge on any atom is 0.144 e. The second-order valence-electron chi connectivity index (χ2n) is 5.83. The molecule has 1 aliphatic rings. The van der Waals surface area contributed by atoms with Crippen LogP contribution < -0.4 is 15.4 Å². The highest BCUT2D eigenvalue weighted by Gasteiger charge is 2.17. The molecule has 0 atom stereocenters. The Labute approximate surface area is 126 Å². The van der Waals surface area contributed by atoms with Crippen molar-refractivity contribution in [2.24, 2.45) is 0 Å². The third-order valence-corrected chi connectivity index (χ3v) is 3.86. The molecule has 1 aliphatic heterocycles. The Hall–Kier alpha value is -2.16. The molecule has 0 aliphatic carbocycles. The molecule has 0 fully saturated rings. The monoisotopic (exact) mass is 282 g/mol. The summed E-state index contributed by atoms with van der Waals surface area (Å²) >= 11 is 0. The number of hydrogen-bond acceptors (Lipinski definition) is 3. The largest absolute Gasteiger partial charge is 0.489 e. The summed E-state index contributed by atoms with van der Waals surface area (Å²) in [5.41, 5.74) is 10.7. The lowest BCUT2D eigenvalue weighted by molar-refractivity contribution is 0.244. The van der Waals surface area contributed by atoms with Crippen LogP contribution in [0.15, 0.2) is 42.5 Å². The number of anilines is 2. The minimum Gasteiger partial charge on any atom is -0.489 e. The number of hydrogen-bond donors (Lipinski definition) is 1. The summed E-state index contributed by atoms with van der Waals surface area (Å²) in [7, 11) is 0. The molecule has 3 rings (SSSR count). The van der Waals surface area contributed by atoms with Gasteiger partial charge < -0.3 is 15.4 Å². The van der Waals surface area contributed by atoms with Crippen LogP contribution in [0.1, 0.15) is 25.0 Å². The zero-order chi connectivity index (χ0) is 14.8. The summed E-state index contributed by atoms with van der Waals surface area (Å²) in [4.78, 5) is 2.38. The van der Waals surface area contributed by atoms with Crippen molar-refractivity contribution in [1.29, 1.82) is 0 Å². The second-order valence-corrected chi connectivity index (χ2v) is 5.83. The molecule has 0 radical (unpaired) electrons. The number of nitrogen functional groups attached to an aromatic ring is 1. The van der Waals surface area contributed by atoms with Crippen LogP contribution in [0.4, 0.5) is 11.4 Å². The molecule has 3 heteroatoms. The summed E-state index contributed by atoms with van der Waals surface area (Å²) in [5.74, 6) is 0.779. The van der Waals surface area contributed by atoms with Crippen LogP contribution in [-0.2, 0) is 13.0 Å². The maximum absolute atomic E-state index is 6.00. The molecule has 0 saturated carbocycles.